The van der Waals surface area contributed by atoms with Gasteiger partial charge in [-0.05, 0) is 53.6 Å². The molecular formula is C18H18ClNO4S. The van der Waals surface area contributed by atoms with Crippen LogP contribution in [0.3, 0.4) is 0 Å². The molecule has 5 nitrogen and oxygen atoms in total. The molecule has 7 heteroatoms. The van der Waals surface area contributed by atoms with Crippen molar-refractivity contribution in [3.63, 3.8) is 0 Å². The van der Waals surface area contributed by atoms with E-state index in [1.54, 1.807) is 12.1 Å². The van der Waals surface area contributed by atoms with Crippen molar-refractivity contribution in [3.8, 4) is 0 Å². The molecule has 1 unspecified atom stereocenters. The Kier molecular flexibility index (Phi) is 5.13. The number of carboxylic acid groups (broad SMARTS) is 1. The van der Waals surface area contributed by atoms with Gasteiger partial charge in [-0.2, -0.15) is 0 Å². The van der Waals surface area contributed by atoms with E-state index in [0.717, 1.165) is 29.5 Å². The summed E-state index contributed by atoms with van der Waals surface area (Å²) in [6, 6.07) is 11.8. The van der Waals surface area contributed by atoms with Crippen LogP contribution in [0.5, 0.6) is 0 Å². The zero-order valence-corrected chi connectivity index (χ0v) is 15.0. The highest BCUT2D eigenvalue weighted by Crippen LogP contribution is 2.28. The number of hydrogen-bond donors (Lipinski definition) is 2. The summed E-state index contributed by atoms with van der Waals surface area (Å²) in [7, 11) is -3.59. The summed E-state index contributed by atoms with van der Waals surface area (Å²) in [5.41, 5.74) is 3.03. The minimum absolute atomic E-state index is 0.000652. The van der Waals surface area contributed by atoms with Gasteiger partial charge in [-0.1, -0.05) is 35.9 Å². The predicted octanol–water partition coefficient (Wildman–Crippen LogP) is 2.66. The van der Waals surface area contributed by atoms with Crippen molar-refractivity contribution < 1.29 is 18.3 Å². The van der Waals surface area contributed by atoms with E-state index in [9.17, 15) is 13.2 Å². The average molecular weight is 380 g/mol. The molecule has 0 radical (unpaired) electrons. The first kappa shape index (κ1) is 17.9. The lowest BCUT2D eigenvalue weighted by Gasteiger charge is -2.11. The molecular weight excluding hydrogens is 362 g/mol. The third-order valence-electron chi connectivity index (χ3n) is 4.31. The molecule has 0 aromatic heterocycles. The summed E-state index contributed by atoms with van der Waals surface area (Å²) in [4.78, 5) is 11.0. The summed E-state index contributed by atoms with van der Waals surface area (Å²) in [6.45, 7) is 0.331. The van der Waals surface area contributed by atoms with Crippen LogP contribution in [-0.4, -0.2) is 26.0 Å². The minimum atomic E-state index is -3.59. The van der Waals surface area contributed by atoms with Crippen LogP contribution in [0.2, 0.25) is 5.02 Å². The number of rotatable bonds is 6. The molecule has 0 saturated carbocycles. The second-order valence-electron chi connectivity index (χ2n) is 6.26. The summed E-state index contributed by atoms with van der Waals surface area (Å²) in [5, 5.41) is 9.26. The van der Waals surface area contributed by atoms with Crippen molar-refractivity contribution in [1.29, 1.82) is 0 Å². The van der Waals surface area contributed by atoms with Crippen LogP contribution in [0.4, 0.5) is 0 Å². The number of benzene rings is 2. The maximum atomic E-state index is 12.4. The lowest BCUT2D eigenvalue weighted by Crippen LogP contribution is -2.29. The largest absolute Gasteiger partial charge is 0.481 e. The highest BCUT2D eigenvalue weighted by atomic mass is 35.5. The van der Waals surface area contributed by atoms with Crippen molar-refractivity contribution in [1.82, 2.24) is 4.72 Å². The molecule has 25 heavy (non-hydrogen) atoms. The van der Waals surface area contributed by atoms with Crippen LogP contribution in [0.25, 0.3) is 0 Å². The van der Waals surface area contributed by atoms with Gasteiger partial charge in [-0.3, -0.25) is 4.79 Å². The lowest BCUT2D eigenvalue weighted by molar-refractivity contribution is -0.136. The Bertz CT molecular complexity index is 911. The second kappa shape index (κ2) is 7.15. The fourth-order valence-electron chi connectivity index (χ4n) is 3.14. The fraction of sp³-hybridized carbons (Fsp3) is 0.278. The number of sulfonamides is 1. The van der Waals surface area contributed by atoms with Crippen LogP contribution in [0.1, 0.15) is 16.7 Å². The second-order valence-corrected chi connectivity index (χ2v) is 8.46. The average Bonchev–Trinajstić information content (AvgIpc) is 2.95. The van der Waals surface area contributed by atoms with Gasteiger partial charge in [0.15, 0.2) is 0 Å². The molecule has 0 spiro atoms. The molecule has 0 fully saturated rings. The van der Waals surface area contributed by atoms with E-state index in [-0.39, 0.29) is 17.2 Å². The van der Waals surface area contributed by atoms with E-state index < -0.39 is 16.0 Å². The zero-order chi connectivity index (χ0) is 18.0. The fourth-order valence-corrected chi connectivity index (χ4v) is 4.55. The van der Waals surface area contributed by atoms with Crippen LogP contribution < -0.4 is 4.72 Å². The number of halogens is 1. The number of fused-ring (bicyclic) bond motifs is 1. The van der Waals surface area contributed by atoms with Gasteiger partial charge in [0.2, 0.25) is 10.0 Å². The maximum Gasteiger partial charge on any atom is 0.307 e. The molecule has 132 valence electrons. The van der Waals surface area contributed by atoms with Crippen molar-refractivity contribution >= 4 is 27.6 Å². The topological polar surface area (TPSA) is 83.5 Å². The van der Waals surface area contributed by atoms with E-state index in [1.165, 1.54) is 12.1 Å². The van der Waals surface area contributed by atoms with Crippen molar-refractivity contribution in [2.75, 3.05) is 6.54 Å². The van der Waals surface area contributed by atoms with Crippen LogP contribution in [-0.2, 0) is 34.1 Å². The summed E-state index contributed by atoms with van der Waals surface area (Å²) < 4.78 is 27.4. The molecule has 0 heterocycles. The van der Waals surface area contributed by atoms with E-state index in [1.807, 2.05) is 18.2 Å². The number of aliphatic carboxylic acids is 1. The standard InChI is InChI=1S/C18H18ClNO4S/c19-16-2-1-3-17(10-16)25(23,24)20-11-13-7-14-5-4-12(9-18(21)22)6-15(14)8-13/h1-6,10,13,20H,7-9,11H2,(H,21,22). The van der Waals surface area contributed by atoms with Crippen LogP contribution >= 0.6 is 11.6 Å². The molecule has 2 aromatic carbocycles. The quantitative estimate of drug-likeness (QED) is 0.808. The number of hydrogen-bond acceptors (Lipinski definition) is 3. The van der Waals surface area contributed by atoms with Gasteiger partial charge in [0, 0.05) is 11.6 Å². The van der Waals surface area contributed by atoms with Crippen LogP contribution in [0.15, 0.2) is 47.4 Å². The summed E-state index contributed by atoms with van der Waals surface area (Å²) in [6.07, 6.45) is 1.51. The van der Waals surface area contributed by atoms with Gasteiger partial charge < -0.3 is 5.11 Å². The van der Waals surface area contributed by atoms with E-state index >= 15 is 0 Å². The molecule has 0 saturated heterocycles. The van der Waals surface area contributed by atoms with Gasteiger partial charge in [0.1, 0.15) is 0 Å². The molecule has 0 amide bonds. The first-order valence-corrected chi connectivity index (χ1v) is 9.77. The van der Waals surface area contributed by atoms with Gasteiger partial charge in [0.05, 0.1) is 11.3 Å². The normalized spacial score (nSPS) is 16.6. The van der Waals surface area contributed by atoms with Gasteiger partial charge in [0.25, 0.3) is 0 Å². The molecule has 1 atom stereocenters. The Balaban J connectivity index is 1.64. The van der Waals surface area contributed by atoms with E-state index in [4.69, 9.17) is 16.7 Å². The molecule has 0 bridgehead atoms. The SMILES string of the molecule is O=C(O)Cc1ccc2c(c1)CC(CNS(=O)(=O)c1cccc(Cl)c1)C2. The maximum absolute atomic E-state index is 12.4. The van der Waals surface area contributed by atoms with Crippen LogP contribution in [0, 0.1) is 5.92 Å². The first-order valence-electron chi connectivity index (χ1n) is 7.91. The van der Waals surface area contributed by atoms with Crippen molar-refractivity contribution in [2.45, 2.75) is 24.2 Å². The highest BCUT2D eigenvalue weighted by molar-refractivity contribution is 7.89. The Morgan fingerprint density at radius 2 is 1.92 bits per heavy atom. The number of carboxylic acids is 1. The van der Waals surface area contributed by atoms with Gasteiger partial charge in [-0.25, -0.2) is 13.1 Å². The number of carbonyl (C=O) groups is 1. The third-order valence-corrected chi connectivity index (χ3v) is 5.97. The Morgan fingerprint density at radius 3 is 2.64 bits per heavy atom. The highest BCUT2D eigenvalue weighted by Gasteiger charge is 2.24. The molecule has 3 rings (SSSR count). The van der Waals surface area contributed by atoms with E-state index in [0.29, 0.717) is 11.6 Å². The van der Waals surface area contributed by atoms with Gasteiger partial charge in [-0.15, -0.1) is 0 Å². The van der Waals surface area contributed by atoms with E-state index in [2.05, 4.69) is 4.72 Å². The third kappa shape index (κ3) is 4.39. The molecule has 2 aromatic rings. The summed E-state index contributed by atoms with van der Waals surface area (Å²) in [5.74, 6) is -0.701. The van der Waals surface area contributed by atoms with Gasteiger partial charge >= 0.3 is 5.97 Å². The Hall–Kier alpha value is -1.89. The Morgan fingerprint density at radius 1 is 1.16 bits per heavy atom. The molecule has 0 aliphatic heterocycles. The minimum Gasteiger partial charge on any atom is -0.481 e. The first-order chi connectivity index (χ1) is 11.8. The lowest BCUT2D eigenvalue weighted by atomic mass is 10.0. The van der Waals surface area contributed by atoms with Crippen molar-refractivity contribution in [3.05, 3.63) is 64.2 Å². The predicted molar refractivity (Wildman–Crippen MR) is 95.3 cm³/mol. The molecule has 1 aliphatic rings. The monoisotopic (exact) mass is 379 g/mol. The number of nitrogens with one attached hydrogen (secondary N) is 1. The molecule has 2 N–H and O–H groups in total. The smallest absolute Gasteiger partial charge is 0.307 e. The zero-order valence-electron chi connectivity index (χ0n) is 13.4. The summed E-state index contributed by atoms with van der Waals surface area (Å²) >= 11 is 5.86. The molecule has 1 aliphatic carbocycles. The Labute approximate surface area is 151 Å². The van der Waals surface area contributed by atoms with Crippen molar-refractivity contribution in [2.24, 2.45) is 5.92 Å².